The minimum atomic E-state index is -0.739. The summed E-state index contributed by atoms with van der Waals surface area (Å²) >= 11 is 0. The van der Waals surface area contributed by atoms with Gasteiger partial charge in [-0.1, -0.05) is 12.1 Å². The maximum atomic E-state index is 10.6. The van der Waals surface area contributed by atoms with Crippen LogP contribution in [0.1, 0.15) is 23.5 Å². The average molecular weight is 187 g/mol. The number of carbonyl (C=O) groups is 1. The maximum absolute atomic E-state index is 10.6. The fourth-order valence-electron chi connectivity index (χ4n) is 1.68. The van der Waals surface area contributed by atoms with Gasteiger partial charge in [-0.3, -0.25) is 4.79 Å². The number of hydrogen-bond acceptors (Lipinski definition) is 2. The van der Waals surface area contributed by atoms with Crippen LogP contribution in [0.15, 0.2) is 24.3 Å². The Labute approximate surface area is 81.6 Å². The molecule has 0 spiro atoms. The summed E-state index contributed by atoms with van der Waals surface area (Å²) in [6.45, 7) is 0. The number of aliphatic carboxylic acids is 1. The Balaban J connectivity index is 2.20. The molecule has 0 radical (unpaired) electrons. The van der Waals surface area contributed by atoms with Crippen LogP contribution in [0.4, 0.5) is 0 Å². The number of carboxylic acids is 1. The topological polar surface area (TPSA) is 61.1 Å². The molecule has 1 saturated carbocycles. The molecule has 3 nitrogen and oxygen atoms in total. The second kappa shape index (κ2) is 3.15. The van der Waals surface area contributed by atoms with Crippen molar-refractivity contribution in [1.29, 1.82) is 5.26 Å². The van der Waals surface area contributed by atoms with E-state index in [0.29, 0.717) is 12.0 Å². The van der Waals surface area contributed by atoms with Gasteiger partial charge in [0.2, 0.25) is 0 Å². The van der Waals surface area contributed by atoms with Gasteiger partial charge in [-0.2, -0.15) is 5.26 Å². The van der Waals surface area contributed by atoms with Crippen LogP contribution < -0.4 is 0 Å². The van der Waals surface area contributed by atoms with Gasteiger partial charge >= 0.3 is 5.97 Å². The lowest BCUT2D eigenvalue weighted by Gasteiger charge is -1.97. The molecule has 1 aromatic rings. The van der Waals surface area contributed by atoms with Crippen LogP contribution in [0.5, 0.6) is 0 Å². The zero-order valence-corrected chi connectivity index (χ0v) is 7.47. The third-order valence-electron chi connectivity index (χ3n) is 2.55. The van der Waals surface area contributed by atoms with Gasteiger partial charge in [0.05, 0.1) is 17.6 Å². The molecule has 2 rings (SSSR count). The summed E-state index contributed by atoms with van der Waals surface area (Å²) in [6, 6.07) is 9.22. The molecule has 0 unspecified atom stereocenters. The molecular formula is C11H9NO2. The molecule has 2 atom stereocenters. The van der Waals surface area contributed by atoms with Crippen LogP contribution in [-0.4, -0.2) is 11.1 Å². The number of rotatable bonds is 2. The van der Waals surface area contributed by atoms with Crippen molar-refractivity contribution in [1.82, 2.24) is 0 Å². The molecule has 0 saturated heterocycles. The third-order valence-corrected chi connectivity index (χ3v) is 2.55. The van der Waals surface area contributed by atoms with Crippen molar-refractivity contribution in [2.45, 2.75) is 12.3 Å². The molecule has 0 amide bonds. The van der Waals surface area contributed by atoms with E-state index in [1.807, 2.05) is 12.1 Å². The van der Waals surface area contributed by atoms with E-state index in [0.717, 1.165) is 5.56 Å². The highest BCUT2D eigenvalue weighted by molar-refractivity contribution is 5.75. The first-order valence-corrected chi connectivity index (χ1v) is 4.45. The Hall–Kier alpha value is -1.82. The van der Waals surface area contributed by atoms with Gasteiger partial charge in [0.1, 0.15) is 0 Å². The zero-order valence-electron chi connectivity index (χ0n) is 7.47. The van der Waals surface area contributed by atoms with Gasteiger partial charge in [0.25, 0.3) is 0 Å². The lowest BCUT2D eigenvalue weighted by atomic mass is 10.1. The van der Waals surface area contributed by atoms with E-state index >= 15 is 0 Å². The molecule has 0 bridgehead atoms. The van der Waals surface area contributed by atoms with Gasteiger partial charge in [0.15, 0.2) is 0 Å². The number of hydrogen-bond donors (Lipinski definition) is 1. The molecule has 3 heteroatoms. The Morgan fingerprint density at radius 2 is 2.36 bits per heavy atom. The predicted molar refractivity (Wildman–Crippen MR) is 49.6 cm³/mol. The highest BCUT2D eigenvalue weighted by Crippen LogP contribution is 2.47. The third kappa shape index (κ3) is 1.47. The summed E-state index contributed by atoms with van der Waals surface area (Å²) in [5.41, 5.74) is 1.56. The summed E-state index contributed by atoms with van der Waals surface area (Å²) < 4.78 is 0. The van der Waals surface area contributed by atoms with Gasteiger partial charge in [-0.05, 0) is 30.0 Å². The Morgan fingerprint density at radius 1 is 1.57 bits per heavy atom. The second-order valence-electron chi connectivity index (χ2n) is 3.52. The molecule has 1 N–H and O–H groups in total. The summed E-state index contributed by atoms with van der Waals surface area (Å²) in [7, 11) is 0. The van der Waals surface area contributed by atoms with Crippen LogP contribution >= 0.6 is 0 Å². The largest absolute Gasteiger partial charge is 0.481 e. The first-order chi connectivity index (χ1) is 6.72. The number of benzene rings is 1. The summed E-state index contributed by atoms with van der Waals surface area (Å²) in [5.74, 6) is -0.873. The van der Waals surface area contributed by atoms with E-state index < -0.39 is 5.97 Å². The number of nitriles is 1. The first-order valence-electron chi connectivity index (χ1n) is 4.45. The molecule has 14 heavy (non-hydrogen) atoms. The molecule has 1 aliphatic rings. The molecule has 1 aliphatic carbocycles. The SMILES string of the molecule is N#Cc1cccc([C@@H]2C[C@H]2C(=O)O)c1. The lowest BCUT2D eigenvalue weighted by molar-refractivity contribution is -0.138. The first kappa shape index (κ1) is 8.76. The fourth-order valence-corrected chi connectivity index (χ4v) is 1.68. The minimum Gasteiger partial charge on any atom is -0.481 e. The summed E-state index contributed by atoms with van der Waals surface area (Å²) in [6.07, 6.45) is 0.699. The summed E-state index contributed by atoms with van der Waals surface area (Å²) in [4.78, 5) is 10.6. The molecule has 1 aromatic carbocycles. The van der Waals surface area contributed by atoms with Gasteiger partial charge in [0, 0.05) is 0 Å². The Morgan fingerprint density at radius 3 is 2.93 bits per heavy atom. The van der Waals surface area contributed by atoms with E-state index in [1.165, 1.54) is 0 Å². The quantitative estimate of drug-likeness (QED) is 0.767. The van der Waals surface area contributed by atoms with Gasteiger partial charge < -0.3 is 5.11 Å². The molecule has 0 aromatic heterocycles. The smallest absolute Gasteiger partial charge is 0.307 e. The monoisotopic (exact) mass is 187 g/mol. The van der Waals surface area contributed by atoms with Crippen molar-refractivity contribution in [2.24, 2.45) is 5.92 Å². The average Bonchev–Trinajstić information content (AvgIpc) is 2.97. The van der Waals surface area contributed by atoms with E-state index in [-0.39, 0.29) is 11.8 Å². The molecule has 0 aliphatic heterocycles. The standard InChI is InChI=1S/C11H9NO2/c12-6-7-2-1-3-8(4-7)9-5-10(9)11(13)14/h1-4,9-10H,5H2,(H,13,14)/t9-,10+/m0/s1. The Bertz CT molecular complexity index is 420. The fraction of sp³-hybridized carbons (Fsp3) is 0.273. The van der Waals surface area contributed by atoms with E-state index in [4.69, 9.17) is 10.4 Å². The second-order valence-corrected chi connectivity index (χ2v) is 3.52. The summed E-state index contributed by atoms with van der Waals surface area (Å²) in [5, 5.41) is 17.4. The van der Waals surface area contributed by atoms with E-state index in [2.05, 4.69) is 0 Å². The molecule has 0 heterocycles. The number of carboxylic acid groups (broad SMARTS) is 1. The highest BCUT2D eigenvalue weighted by Gasteiger charge is 2.44. The van der Waals surface area contributed by atoms with E-state index in [9.17, 15) is 4.79 Å². The normalized spacial score (nSPS) is 23.9. The van der Waals surface area contributed by atoms with Gasteiger partial charge in [-0.25, -0.2) is 0 Å². The zero-order chi connectivity index (χ0) is 10.1. The van der Waals surface area contributed by atoms with Gasteiger partial charge in [-0.15, -0.1) is 0 Å². The van der Waals surface area contributed by atoms with Crippen molar-refractivity contribution in [3.8, 4) is 6.07 Å². The van der Waals surface area contributed by atoms with Crippen molar-refractivity contribution >= 4 is 5.97 Å². The van der Waals surface area contributed by atoms with Crippen LogP contribution in [0.2, 0.25) is 0 Å². The van der Waals surface area contributed by atoms with E-state index in [1.54, 1.807) is 18.2 Å². The van der Waals surface area contributed by atoms with Crippen molar-refractivity contribution in [3.05, 3.63) is 35.4 Å². The molecular weight excluding hydrogens is 178 g/mol. The van der Waals surface area contributed by atoms with Crippen LogP contribution in [0.25, 0.3) is 0 Å². The van der Waals surface area contributed by atoms with Crippen molar-refractivity contribution < 1.29 is 9.90 Å². The maximum Gasteiger partial charge on any atom is 0.307 e. The highest BCUT2D eigenvalue weighted by atomic mass is 16.4. The van der Waals surface area contributed by atoms with Crippen LogP contribution in [-0.2, 0) is 4.79 Å². The van der Waals surface area contributed by atoms with Crippen molar-refractivity contribution in [2.75, 3.05) is 0 Å². The Kier molecular flexibility index (Phi) is 1.97. The molecule has 1 fully saturated rings. The lowest BCUT2D eigenvalue weighted by Crippen LogP contribution is -1.98. The van der Waals surface area contributed by atoms with Crippen LogP contribution in [0.3, 0.4) is 0 Å². The number of nitrogens with zero attached hydrogens (tertiary/aromatic N) is 1. The minimum absolute atomic E-state index is 0.112. The molecule has 70 valence electrons. The predicted octanol–water partition coefficient (Wildman–Crippen LogP) is 1.75. The van der Waals surface area contributed by atoms with Crippen molar-refractivity contribution in [3.63, 3.8) is 0 Å². The van der Waals surface area contributed by atoms with Crippen LogP contribution in [0, 0.1) is 17.2 Å².